The molecule has 22 heavy (non-hydrogen) atoms. The highest BCUT2D eigenvalue weighted by Gasteiger charge is 2.23. The summed E-state index contributed by atoms with van der Waals surface area (Å²) in [6.07, 6.45) is 6.38. The van der Waals surface area contributed by atoms with E-state index in [9.17, 15) is 0 Å². The molecule has 1 fully saturated rings. The molecule has 1 aliphatic rings. The molecule has 5 heteroatoms. The lowest BCUT2D eigenvalue weighted by atomic mass is 10.2. The van der Waals surface area contributed by atoms with Gasteiger partial charge in [-0.15, -0.1) is 12.4 Å². The smallest absolute Gasteiger partial charge is 0.127 e. The van der Waals surface area contributed by atoms with Crippen molar-refractivity contribution < 1.29 is 0 Å². The van der Waals surface area contributed by atoms with Crippen LogP contribution in [0.15, 0.2) is 42.7 Å². The number of hydrogen-bond acceptors (Lipinski definition) is 3. The summed E-state index contributed by atoms with van der Waals surface area (Å²) in [7, 11) is 0. The Morgan fingerprint density at radius 3 is 2.82 bits per heavy atom. The van der Waals surface area contributed by atoms with E-state index >= 15 is 0 Å². The van der Waals surface area contributed by atoms with E-state index in [1.165, 1.54) is 18.5 Å². The molecule has 0 aliphatic carbocycles. The Morgan fingerprint density at radius 2 is 2.14 bits per heavy atom. The van der Waals surface area contributed by atoms with Crippen LogP contribution >= 0.6 is 12.4 Å². The van der Waals surface area contributed by atoms with Gasteiger partial charge < -0.3 is 9.88 Å². The number of aromatic nitrogens is 2. The highest BCUT2D eigenvalue weighted by Crippen LogP contribution is 2.16. The van der Waals surface area contributed by atoms with E-state index in [0.717, 1.165) is 32.0 Å². The van der Waals surface area contributed by atoms with Crippen molar-refractivity contribution in [1.29, 1.82) is 0 Å². The number of nitrogens with zero attached hydrogens (tertiary/aromatic N) is 3. The van der Waals surface area contributed by atoms with Crippen molar-refractivity contribution in [3.8, 4) is 5.69 Å². The summed E-state index contributed by atoms with van der Waals surface area (Å²) in [5, 5.41) is 3.47. The molecule has 1 unspecified atom stereocenters. The van der Waals surface area contributed by atoms with Gasteiger partial charge in [0.25, 0.3) is 0 Å². The number of para-hydroxylation sites is 1. The Labute approximate surface area is 139 Å². The zero-order valence-electron chi connectivity index (χ0n) is 13.1. The molecule has 120 valence electrons. The Bertz CT molecular complexity index is 549. The van der Waals surface area contributed by atoms with Crippen LogP contribution in [0.4, 0.5) is 0 Å². The molecule has 0 amide bonds. The monoisotopic (exact) mass is 320 g/mol. The summed E-state index contributed by atoms with van der Waals surface area (Å²) in [5.74, 6) is 1.13. The molecule has 1 N–H and O–H groups in total. The minimum Gasteiger partial charge on any atom is -0.315 e. The number of nitrogens with one attached hydrogen (secondary N) is 1. The van der Waals surface area contributed by atoms with Crippen LogP contribution < -0.4 is 5.32 Å². The molecule has 3 rings (SSSR count). The quantitative estimate of drug-likeness (QED) is 0.888. The summed E-state index contributed by atoms with van der Waals surface area (Å²) < 4.78 is 2.20. The van der Waals surface area contributed by atoms with Gasteiger partial charge in [-0.2, -0.15) is 0 Å². The fourth-order valence-corrected chi connectivity index (χ4v) is 3.09. The first-order valence-corrected chi connectivity index (χ1v) is 7.91. The van der Waals surface area contributed by atoms with Gasteiger partial charge in [-0.3, -0.25) is 4.90 Å². The lowest BCUT2D eigenvalue weighted by Crippen LogP contribution is -2.37. The number of rotatable bonds is 6. The van der Waals surface area contributed by atoms with Gasteiger partial charge in [-0.25, -0.2) is 4.98 Å². The van der Waals surface area contributed by atoms with Gasteiger partial charge >= 0.3 is 0 Å². The standard InChI is InChI=1S/C17H24N4.ClH/c1-2-11-20(16-8-9-18-13-16)14-17-19-10-12-21(17)15-6-4-3-5-7-15;/h3-7,10,12,16,18H,2,8-9,11,13-14H2,1H3;1H. The second kappa shape index (κ2) is 8.32. The van der Waals surface area contributed by atoms with Gasteiger partial charge in [-0.05, 0) is 38.1 Å². The van der Waals surface area contributed by atoms with Gasteiger partial charge in [0.2, 0.25) is 0 Å². The molecule has 4 nitrogen and oxygen atoms in total. The molecule has 1 aromatic heterocycles. The van der Waals surface area contributed by atoms with E-state index in [-0.39, 0.29) is 12.4 Å². The highest BCUT2D eigenvalue weighted by molar-refractivity contribution is 5.85. The zero-order chi connectivity index (χ0) is 14.5. The minimum absolute atomic E-state index is 0. The van der Waals surface area contributed by atoms with E-state index in [1.807, 2.05) is 12.3 Å². The second-order valence-corrected chi connectivity index (χ2v) is 5.67. The zero-order valence-corrected chi connectivity index (χ0v) is 13.9. The third-order valence-electron chi connectivity index (χ3n) is 4.16. The summed E-state index contributed by atoms with van der Waals surface area (Å²) in [6.45, 7) is 6.54. The topological polar surface area (TPSA) is 33.1 Å². The van der Waals surface area contributed by atoms with Gasteiger partial charge in [-0.1, -0.05) is 25.1 Å². The fraction of sp³-hybridized carbons (Fsp3) is 0.471. The maximum absolute atomic E-state index is 4.59. The third kappa shape index (κ3) is 3.88. The first-order chi connectivity index (χ1) is 10.4. The lowest BCUT2D eigenvalue weighted by molar-refractivity contribution is 0.194. The molecule has 2 heterocycles. The van der Waals surface area contributed by atoms with E-state index in [1.54, 1.807) is 0 Å². The van der Waals surface area contributed by atoms with Crippen LogP contribution in [0.3, 0.4) is 0 Å². The molecule has 2 aromatic rings. The predicted molar refractivity (Wildman–Crippen MR) is 92.8 cm³/mol. The molecular weight excluding hydrogens is 296 g/mol. The first kappa shape index (κ1) is 17.0. The van der Waals surface area contributed by atoms with Crippen molar-refractivity contribution in [3.63, 3.8) is 0 Å². The van der Waals surface area contributed by atoms with Gasteiger partial charge in [0.15, 0.2) is 0 Å². The van der Waals surface area contributed by atoms with Crippen LogP contribution in [0.2, 0.25) is 0 Å². The summed E-state index contributed by atoms with van der Waals surface area (Å²) in [6, 6.07) is 11.1. The third-order valence-corrected chi connectivity index (χ3v) is 4.16. The summed E-state index contributed by atoms with van der Waals surface area (Å²) >= 11 is 0. The van der Waals surface area contributed by atoms with Crippen molar-refractivity contribution in [2.75, 3.05) is 19.6 Å². The molecule has 0 bridgehead atoms. The van der Waals surface area contributed by atoms with Gasteiger partial charge in [0, 0.05) is 30.7 Å². The average Bonchev–Trinajstić information content (AvgIpc) is 3.19. The summed E-state index contributed by atoms with van der Waals surface area (Å²) in [4.78, 5) is 7.16. The van der Waals surface area contributed by atoms with Crippen LogP contribution in [-0.4, -0.2) is 40.1 Å². The Hall–Kier alpha value is -1.36. The van der Waals surface area contributed by atoms with Crippen LogP contribution in [-0.2, 0) is 6.54 Å². The predicted octanol–water partition coefficient (Wildman–Crippen LogP) is 2.87. The second-order valence-electron chi connectivity index (χ2n) is 5.67. The molecule has 1 aliphatic heterocycles. The fourth-order valence-electron chi connectivity index (χ4n) is 3.09. The number of hydrogen-bond donors (Lipinski definition) is 1. The normalized spacial score (nSPS) is 17.6. The molecule has 1 aromatic carbocycles. The number of halogens is 1. The van der Waals surface area contributed by atoms with Gasteiger partial charge in [0.05, 0.1) is 6.54 Å². The molecule has 1 saturated heterocycles. The minimum atomic E-state index is 0. The first-order valence-electron chi connectivity index (χ1n) is 7.91. The van der Waals surface area contributed by atoms with Crippen LogP contribution in [0.1, 0.15) is 25.6 Å². The van der Waals surface area contributed by atoms with E-state index in [2.05, 4.69) is 57.2 Å². The SMILES string of the molecule is CCCN(Cc1nccn1-c1ccccc1)C1CCNC1.Cl. The molecular formula is C17H25ClN4. The highest BCUT2D eigenvalue weighted by atomic mass is 35.5. The molecule has 0 saturated carbocycles. The van der Waals surface area contributed by atoms with Crippen LogP contribution in [0.5, 0.6) is 0 Å². The Kier molecular flexibility index (Phi) is 6.43. The van der Waals surface area contributed by atoms with E-state index in [4.69, 9.17) is 0 Å². The maximum atomic E-state index is 4.59. The maximum Gasteiger partial charge on any atom is 0.127 e. The van der Waals surface area contributed by atoms with Crippen molar-refractivity contribution in [3.05, 3.63) is 48.5 Å². The molecule has 1 atom stereocenters. The number of imidazole rings is 1. The van der Waals surface area contributed by atoms with E-state index in [0.29, 0.717) is 6.04 Å². The van der Waals surface area contributed by atoms with Crippen molar-refractivity contribution in [1.82, 2.24) is 19.8 Å². The van der Waals surface area contributed by atoms with Crippen LogP contribution in [0, 0.1) is 0 Å². The van der Waals surface area contributed by atoms with E-state index < -0.39 is 0 Å². The lowest BCUT2D eigenvalue weighted by Gasteiger charge is -2.27. The Balaban J connectivity index is 0.00000176. The van der Waals surface area contributed by atoms with Crippen LogP contribution in [0.25, 0.3) is 5.69 Å². The van der Waals surface area contributed by atoms with Gasteiger partial charge in [0.1, 0.15) is 5.82 Å². The summed E-state index contributed by atoms with van der Waals surface area (Å²) in [5.41, 5.74) is 1.19. The average molecular weight is 321 g/mol. The largest absolute Gasteiger partial charge is 0.315 e. The Morgan fingerprint density at radius 1 is 1.32 bits per heavy atom. The van der Waals surface area contributed by atoms with Crippen molar-refractivity contribution >= 4 is 12.4 Å². The molecule has 0 spiro atoms. The molecule has 0 radical (unpaired) electrons. The van der Waals surface area contributed by atoms with Crippen molar-refractivity contribution in [2.45, 2.75) is 32.4 Å². The number of benzene rings is 1. The van der Waals surface area contributed by atoms with Crippen molar-refractivity contribution in [2.24, 2.45) is 0 Å².